The Morgan fingerprint density at radius 1 is 1.11 bits per heavy atom. The number of aryl methyl sites for hydroxylation is 2. The summed E-state index contributed by atoms with van der Waals surface area (Å²) in [5, 5.41) is 12.7. The first-order chi connectivity index (χ1) is 13.6. The van der Waals surface area contributed by atoms with Gasteiger partial charge in [-0.05, 0) is 12.0 Å². The van der Waals surface area contributed by atoms with Gasteiger partial charge in [-0.3, -0.25) is 4.79 Å². The molecule has 0 saturated heterocycles. The number of fused-ring (bicyclic) bond motifs is 1. The number of nitrogens with zero attached hydrogens (tertiary/aromatic N) is 5. The standard InChI is InChI=1S/C21H25N5O2/c1-15(2)18-14-17(24-28-18)21(27)25-11-10-20-23-22-19(26(20)13-12-25)9-8-16-6-4-3-5-7-16/h3-7,14-15H,8-13H2,1-2H3. The molecule has 2 aromatic heterocycles. The summed E-state index contributed by atoms with van der Waals surface area (Å²) in [4.78, 5) is 14.6. The van der Waals surface area contributed by atoms with Crippen LogP contribution in [0.15, 0.2) is 40.9 Å². The molecule has 0 fully saturated rings. The van der Waals surface area contributed by atoms with Crippen LogP contribution in [0.25, 0.3) is 0 Å². The number of benzene rings is 1. The van der Waals surface area contributed by atoms with Crippen LogP contribution in [0.3, 0.4) is 0 Å². The normalized spacial score (nSPS) is 14.2. The minimum atomic E-state index is -0.0832. The van der Waals surface area contributed by atoms with E-state index in [0.717, 1.165) is 30.3 Å². The Balaban J connectivity index is 1.42. The summed E-state index contributed by atoms with van der Waals surface area (Å²) in [6.07, 6.45) is 2.46. The Morgan fingerprint density at radius 3 is 2.68 bits per heavy atom. The highest BCUT2D eigenvalue weighted by molar-refractivity contribution is 5.92. The SMILES string of the molecule is CC(C)c1cc(C(=O)N2CCc3nnc(CCc4ccccc4)n3CC2)no1. The van der Waals surface area contributed by atoms with Crippen LogP contribution in [0, 0.1) is 0 Å². The van der Waals surface area contributed by atoms with Gasteiger partial charge in [0.25, 0.3) is 5.91 Å². The summed E-state index contributed by atoms with van der Waals surface area (Å²) in [6.45, 7) is 5.96. The second-order valence-corrected chi connectivity index (χ2v) is 7.48. The molecule has 146 valence electrons. The van der Waals surface area contributed by atoms with E-state index in [1.54, 1.807) is 6.07 Å². The van der Waals surface area contributed by atoms with E-state index in [4.69, 9.17) is 4.52 Å². The van der Waals surface area contributed by atoms with Gasteiger partial charge in [0, 0.05) is 44.5 Å². The van der Waals surface area contributed by atoms with Crippen molar-refractivity contribution in [3.05, 3.63) is 65.1 Å². The van der Waals surface area contributed by atoms with E-state index in [1.807, 2.05) is 24.8 Å². The van der Waals surface area contributed by atoms with Crippen LogP contribution in [0.5, 0.6) is 0 Å². The lowest BCUT2D eigenvalue weighted by molar-refractivity contribution is 0.0748. The molecule has 0 radical (unpaired) electrons. The maximum absolute atomic E-state index is 12.8. The van der Waals surface area contributed by atoms with Crippen LogP contribution in [0.4, 0.5) is 0 Å². The van der Waals surface area contributed by atoms with E-state index in [1.165, 1.54) is 5.56 Å². The lowest BCUT2D eigenvalue weighted by atomic mass is 10.1. The van der Waals surface area contributed by atoms with E-state index in [0.29, 0.717) is 31.7 Å². The number of rotatable bonds is 5. The second kappa shape index (κ2) is 7.96. The van der Waals surface area contributed by atoms with E-state index in [9.17, 15) is 4.79 Å². The molecule has 0 bridgehead atoms. The fraction of sp³-hybridized carbons (Fsp3) is 0.429. The van der Waals surface area contributed by atoms with Gasteiger partial charge in [0.1, 0.15) is 17.4 Å². The predicted molar refractivity (Wildman–Crippen MR) is 104 cm³/mol. The third-order valence-corrected chi connectivity index (χ3v) is 5.19. The van der Waals surface area contributed by atoms with Crippen LogP contribution >= 0.6 is 0 Å². The second-order valence-electron chi connectivity index (χ2n) is 7.48. The Bertz CT molecular complexity index is 945. The van der Waals surface area contributed by atoms with E-state index >= 15 is 0 Å². The molecule has 1 aromatic carbocycles. The number of hydrogen-bond donors (Lipinski definition) is 0. The monoisotopic (exact) mass is 379 g/mol. The van der Waals surface area contributed by atoms with Gasteiger partial charge >= 0.3 is 0 Å². The molecule has 0 N–H and O–H groups in total. The maximum Gasteiger partial charge on any atom is 0.276 e. The summed E-state index contributed by atoms with van der Waals surface area (Å²) in [5.74, 6) is 2.79. The summed E-state index contributed by atoms with van der Waals surface area (Å²) in [5.41, 5.74) is 1.67. The molecule has 7 heteroatoms. The van der Waals surface area contributed by atoms with E-state index in [2.05, 4.69) is 44.2 Å². The van der Waals surface area contributed by atoms with Gasteiger partial charge in [-0.1, -0.05) is 49.3 Å². The lowest BCUT2D eigenvalue weighted by Crippen LogP contribution is -2.34. The lowest BCUT2D eigenvalue weighted by Gasteiger charge is -2.18. The Morgan fingerprint density at radius 2 is 1.93 bits per heavy atom. The highest BCUT2D eigenvalue weighted by Crippen LogP contribution is 2.18. The average molecular weight is 379 g/mol. The number of aromatic nitrogens is 4. The van der Waals surface area contributed by atoms with Crippen molar-refractivity contribution in [2.75, 3.05) is 13.1 Å². The van der Waals surface area contributed by atoms with Crippen LogP contribution in [0.2, 0.25) is 0 Å². The molecule has 0 aliphatic carbocycles. The molecule has 1 aliphatic heterocycles. The van der Waals surface area contributed by atoms with Gasteiger partial charge in [0.15, 0.2) is 5.69 Å². The van der Waals surface area contributed by atoms with Gasteiger partial charge in [-0.2, -0.15) is 0 Å². The van der Waals surface area contributed by atoms with Crippen molar-refractivity contribution in [3.8, 4) is 0 Å². The fourth-order valence-corrected chi connectivity index (χ4v) is 3.50. The number of carbonyl (C=O) groups excluding carboxylic acids is 1. The summed E-state index contributed by atoms with van der Waals surface area (Å²) in [7, 11) is 0. The first-order valence-electron chi connectivity index (χ1n) is 9.82. The maximum atomic E-state index is 12.8. The van der Waals surface area contributed by atoms with Gasteiger partial charge < -0.3 is 14.0 Å². The first-order valence-corrected chi connectivity index (χ1v) is 9.82. The van der Waals surface area contributed by atoms with Crippen LogP contribution < -0.4 is 0 Å². The average Bonchev–Trinajstić information content (AvgIpc) is 3.29. The zero-order valence-electron chi connectivity index (χ0n) is 16.3. The van der Waals surface area contributed by atoms with Crippen molar-refractivity contribution in [3.63, 3.8) is 0 Å². The molecule has 0 atom stereocenters. The molecule has 1 amide bonds. The van der Waals surface area contributed by atoms with Crippen molar-refractivity contribution < 1.29 is 9.32 Å². The molecular formula is C21H25N5O2. The van der Waals surface area contributed by atoms with Crippen molar-refractivity contribution >= 4 is 5.91 Å². The summed E-state index contributed by atoms with van der Waals surface area (Å²) in [6, 6.07) is 12.1. The highest BCUT2D eigenvalue weighted by atomic mass is 16.5. The number of carbonyl (C=O) groups is 1. The van der Waals surface area contributed by atoms with Crippen LogP contribution in [0.1, 0.15) is 53.2 Å². The quantitative estimate of drug-likeness (QED) is 0.681. The largest absolute Gasteiger partial charge is 0.360 e. The minimum absolute atomic E-state index is 0.0832. The number of hydrogen-bond acceptors (Lipinski definition) is 5. The van der Waals surface area contributed by atoms with Crippen LogP contribution in [-0.2, 0) is 25.8 Å². The van der Waals surface area contributed by atoms with Gasteiger partial charge in [0.2, 0.25) is 0 Å². The Labute approximate surface area is 164 Å². The molecule has 0 spiro atoms. The molecule has 7 nitrogen and oxygen atoms in total. The zero-order valence-corrected chi connectivity index (χ0v) is 16.3. The number of amides is 1. The molecule has 0 saturated carbocycles. The van der Waals surface area contributed by atoms with Gasteiger partial charge in [-0.15, -0.1) is 10.2 Å². The van der Waals surface area contributed by atoms with Crippen LogP contribution in [-0.4, -0.2) is 43.8 Å². The molecule has 3 heterocycles. The molecule has 0 unspecified atom stereocenters. The summed E-state index contributed by atoms with van der Waals surface area (Å²) >= 11 is 0. The molecule has 4 rings (SSSR count). The Kier molecular flexibility index (Phi) is 5.23. The predicted octanol–water partition coefficient (Wildman–Crippen LogP) is 2.87. The topological polar surface area (TPSA) is 77.1 Å². The van der Waals surface area contributed by atoms with Crippen molar-refractivity contribution in [1.29, 1.82) is 0 Å². The van der Waals surface area contributed by atoms with Gasteiger partial charge in [0.05, 0.1) is 0 Å². The zero-order chi connectivity index (χ0) is 19.5. The van der Waals surface area contributed by atoms with Crippen molar-refractivity contribution in [1.82, 2.24) is 24.8 Å². The third kappa shape index (κ3) is 3.83. The highest BCUT2D eigenvalue weighted by Gasteiger charge is 2.25. The van der Waals surface area contributed by atoms with Crippen molar-refractivity contribution in [2.24, 2.45) is 0 Å². The fourth-order valence-electron chi connectivity index (χ4n) is 3.50. The van der Waals surface area contributed by atoms with Crippen molar-refractivity contribution in [2.45, 2.75) is 45.6 Å². The first kappa shape index (κ1) is 18.4. The Hall–Kier alpha value is -2.96. The molecule has 3 aromatic rings. The molecular weight excluding hydrogens is 354 g/mol. The van der Waals surface area contributed by atoms with Gasteiger partial charge in [-0.25, -0.2) is 0 Å². The molecule has 28 heavy (non-hydrogen) atoms. The minimum Gasteiger partial charge on any atom is -0.360 e. The van der Waals surface area contributed by atoms with E-state index in [-0.39, 0.29) is 11.8 Å². The molecule has 1 aliphatic rings. The smallest absolute Gasteiger partial charge is 0.276 e. The third-order valence-electron chi connectivity index (χ3n) is 5.19. The summed E-state index contributed by atoms with van der Waals surface area (Å²) < 4.78 is 7.45. The van der Waals surface area contributed by atoms with E-state index < -0.39 is 0 Å².